The third-order valence-corrected chi connectivity index (χ3v) is 4.82. The Balaban J connectivity index is 1.75. The Bertz CT molecular complexity index is 766. The van der Waals surface area contributed by atoms with Gasteiger partial charge in [-0.25, -0.2) is 0 Å². The summed E-state index contributed by atoms with van der Waals surface area (Å²) in [7, 11) is 0. The Morgan fingerprint density at radius 3 is 2.29 bits per heavy atom. The van der Waals surface area contributed by atoms with Crippen molar-refractivity contribution in [2.24, 2.45) is 0 Å². The van der Waals surface area contributed by atoms with Gasteiger partial charge in [-0.05, 0) is 48.8 Å². The van der Waals surface area contributed by atoms with Crippen LogP contribution in [-0.2, 0) is 19.7 Å². The molecular formula is C21H27N3O4. The maximum absolute atomic E-state index is 12.1. The number of carbonyl (C=O) groups excluding carboxylic acids is 3. The number of rotatable bonds is 6. The summed E-state index contributed by atoms with van der Waals surface area (Å²) in [6.45, 7) is 5.44. The third-order valence-electron chi connectivity index (χ3n) is 4.82. The number of ether oxygens (including phenoxy) is 1. The van der Waals surface area contributed by atoms with Gasteiger partial charge in [0.1, 0.15) is 12.1 Å². The van der Waals surface area contributed by atoms with Crippen LogP contribution in [0.15, 0.2) is 24.3 Å². The van der Waals surface area contributed by atoms with Gasteiger partial charge in [-0.15, -0.1) is 0 Å². The number of benzene rings is 1. The van der Waals surface area contributed by atoms with E-state index >= 15 is 0 Å². The molecule has 0 saturated heterocycles. The van der Waals surface area contributed by atoms with E-state index in [9.17, 15) is 19.6 Å². The lowest BCUT2D eigenvalue weighted by molar-refractivity contribution is -0.147. The van der Waals surface area contributed by atoms with Crippen molar-refractivity contribution in [2.75, 3.05) is 13.2 Å². The second-order valence-corrected chi connectivity index (χ2v) is 8.12. The van der Waals surface area contributed by atoms with Crippen molar-refractivity contribution in [3.05, 3.63) is 35.4 Å². The molecule has 0 aliphatic heterocycles. The quantitative estimate of drug-likeness (QED) is 0.730. The Kier molecular flexibility index (Phi) is 6.79. The molecule has 1 saturated carbocycles. The number of hydrogen-bond donors (Lipinski definition) is 2. The molecule has 0 aromatic heterocycles. The summed E-state index contributed by atoms with van der Waals surface area (Å²) < 4.78 is 4.88. The molecule has 0 bridgehead atoms. The first-order valence-corrected chi connectivity index (χ1v) is 9.42. The summed E-state index contributed by atoms with van der Waals surface area (Å²) in [5, 5.41) is 14.4. The van der Waals surface area contributed by atoms with Crippen molar-refractivity contribution in [3.63, 3.8) is 0 Å². The number of nitrogens with one attached hydrogen (secondary N) is 2. The van der Waals surface area contributed by atoms with Crippen LogP contribution in [0.25, 0.3) is 0 Å². The molecule has 2 amide bonds. The van der Waals surface area contributed by atoms with E-state index in [2.05, 4.69) is 37.5 Å². The van der Waals surface area contributed by atoms with Gasteiger partial charge in [-0.1, -0.05) is 32.9 Å². The molecule has 1 aromatic rings. The summed E-state index contributed by atoms with van der Waals surface area (Å²) in [4.78, 5) is 35.8. The molecule has 1 aliphatic carbocycles. The highest BCUT2D eigenvalue weighted by atomic mass is 16.5. The van der Waals surface area contributed by atoms with Crippen molar-refractivity contribution in [1.29, 1.82) is 5.26 Å². The van der Waals surface area contributed by atoms with Gasteiger partial charge in [0.2, 0.25) is 0 Å². The molecular weight excluding hydrogens is 358 g/mol. The Hall–Kier alpha value is -2.88. The van der Waals surface area contributed by atoms with E-state index < -0.39 is 29.9 Å². The molecule has 28 heavy (non-hydrogen) atoms. The van der Waals surface area contributed by atoms with Crippen LogP contribution in [0.4, 0.5) is 0 Å². The predicted octanol–water partition coefficient (Wildman–Crippen LogP) is 2.21. The maximum atomic E-state index is 12.1. The Labute approximate surface area is 165 Å². The molecule has 0 atom stereocenters. The lowest BCUT2D eigenvalue weighted by Crippen LogP contribution is -2.47. The fourth-order valence-electron chi connectivity index (χ4n) is 3.12. The number of nitrogens with zero attached hydrogens (tertiary/aromatic N) is 1. The molecule has 7 heteroatoms. The van der Waals surface area contributed by atoms with Gasteiger partial charge in [0, 0.05) is 5.56 Å². The molecule has 1 fully saturated rings. The number of hydrogen-bond acceptors (Lipinski definition) is 5. The highest BCUT2D eigenvalue weighted by molar-refractivity contribution is 5.96. The van der Waals surface area contributed by atoms with E-state index in [0.29, 0.717) is 18.4 Å². The van der Waals surface area contributed by atoms with Crippen LogP contribution in [0.3, 0.4) is 0 Å². The lowest BCUT2D eigenvalue weighted by atomic mass is 9.87. The van der Waals surface area contributed by atoms with Gasteiger partial charge in [0.05, 0.1) is 6.07 Å². The molecule has 0 spiro atoms. The molecule has 7 nitrogen and oxygen atoms in total. The smallest absolute Gasteiger partial charge is 0.325 e. The Morgan fingerprint density at radius 2 is 1.75 bits per heavy atom. The van der Waals surface area contributed by atoms with Crippen molar-refractivity contribution in [1.82, 2.24) is 10.6 Å². The van der Waals surface area contributed by atoms with E-state index in [1.165, 1.54) is 0 Å². The normalized spacial score (nSPS) is 15.4. The van der Waals surface area contributed by atoms with Crippen LogP contribution >= 0.6 is 0 Å². The average Bonchev–Trinajstić information content (AvgIpc) is 3.12. The van der Waals surface area contributed by atoms with Crippen molar-refractivity contribution >= 4 is 17.8 Å². The summed E-state index contributed by atoms with van der Waals surface area (Å²) in [6, 6.07) is 9.31. The number of carbonyl (C=O) groups is 3. The first-order valence-electron chi connectivity index (χ1n) is 9.42. The van der Waals surface area contributed by atoms with E-state index in [4.69, 9.17) is 4.74 Å². The van der Waals surface area contributed by atoms with Gasteiger partial charge in [-0.2, -0.15) is 5.26 Å². The molecule has 2 N–H and O–H groups in total. The Morgan fingerprint density at radius 1 is 1.14 bits per heavy atom. The average molecular weight is 385 g/mol. The summed E-state index contributed by atoms with van der Waals surface area (Å²) in [5.41, 5.74) is 0.682. The minimum atomic E-state index is -0.850. The molecule has 0 unspecified atom stereocenters. The lowest BCUT2D eigenvalue weighted by Gasteiger charge is -2.21. The number of amides is 2. The monoisotopic (exact) mass is 385 g/mol. The van der Waals surface area contributed by atoms with E-state index in [1.54, 1.807) is 12.1 Å². The highest BCUT2D eigenvalue weighted by Gasteiger charge is 2.35. The van der Waals surface area contributed by atoms with Gasteiger partial charge < -0.3 is 15.4 Å². The van der Waals surface area contributed by atoms with Crippen LogP contribution in [0.1, 0.15) is 62.4 Å². The summed E-state index contributed by atoms with van der Waals surface area (Å²) in [5.74, 6) is -1.62. The first kappa shape index (κ1) is 21.4. The van der Waals surface area contributed by atoms with Crippen LogP contribution in [-0.4, -0.2) is 36.5 Å². The SMILES string of the molecule is CC(C)(C)c1ccc(C(=O)NCC(=O)OCC(=O)NC2(C#N)CCCC2)cc1. The second-order valence-electron chi connectivity index (χ2n) is 8.12. The van der Waals surface area contributed by atoms with E-state index in [-0.39, 0.29) is 12.0 Å². The zero-order chi connectivity index (χ0) is 20.8. The highest BCUT2D eigenvalue weighted by Crippen LogP contribution is 2.28. The summed E-state index contributed by atoms with van der Waals surface area (Å²) in [6.07, 6.45) is 2.98. The van der Waals surface area contributed by atoms with Gasteiger partial charge in [0.25, 0.3) is 11.8 Å². The predicted molar refractivity (Wildman–Crippen MR) is 103 cm³/mol. The van der Waals surface area contributed by atoms with Crippen molar-refractivity contribution in [2.45, 2.75) is 57.4 Å². The number of nitriles is 1. The molecule has 1 aliphatic rings. The fourth-order valence-corrected chi connectivity index (χ4v) is 3.12. The topological polar surface area (TPSA) is 108 Å². The fraction of sp³-hybridized carbons (Fsp3) is 0.524. The minimum absolute atomic E-state index is 0.0119. The number of esters is 1. The zero-order valence-electron chi connectivity index (χ0n) is 16.6. The van der Waals surface area contributed by atoms with Crippen LogP contribution < -0.4 is 10.6 Å². The van der Waals surface area contributed by atoms with Gasteiger partial charge >= 0.3 is 5.97 Å². The molecule has 2 rings (SSSR count). The second kappa shape index (κ2) is 8.87. The largest absolute Gasteiger partial charge is 0.454 e. The van der Waals surface area contributed by atoms with Crippen LogP contribution in [0, 0.1) is 11.3 Å². The standard InChI is InChI=1S/C21H27N3O4/c1-20(2,3)16-8-6-15(7-9-16)19(27)23-12-18(26)28-13-17(25)24-21(14-22)10-4-5-11-21/h6-9H,4-5,10-13H2,1-3H3,(H,23,27)(H,24,25). The van der Waals surface area contributed by atoms with Crippen LogP contribution in [0.5, 0.6) is 0 Å². The van der Waals surface area contributed by atoms with Gasteiger partial charge in [0.15, 0.2) is 6.61 Å². The minimum Gasteiger partial charge on any atom is -0.454 e. The maximum Gasteiger partial charge on any atom is 0.325 e. The van der Waals surface area contributed by atoms with Crippen molar-refractivity contribution < 1.29 is 19.1 Å². The third kappa shape index (κ3) is 5.81. The van der Waals surface area contributed by atoms with E-state index in [1.807, 2.05) is 12.1 Å². The molecule has 0 heterocycles. The molecule has 1 aromatic carbocycles. The molecule has 0 radical (unpaired) electrons. The van der Waals surface area contributed by atoms with Gasteiger partial charge in [-0.3, -0.25) is 14.4 Å². The summed E-state index contributed by atoms with van der Waals surface area (Å²) >= 11 is 0. The molecule has 150 valence electrons. The first-order chi connectivity index (χ1) is 13.1. The zero-order valence-corrected chi connectivity index (χ0v) is 16.6. The van der Waals surface area contributed by atoms with Crippen molar-refractivity contribution in [3.8, 4) is 6.07 Å². The van der Waals surface area contributed by atoms with E-state index in [0.717, 1.165) is 18.4 Å². The van der Waals surface area contributed by atoms with Crippen LogP contribution in [0.2, 0.25) is 0 Å².